The van der Waals surface area contributed by atoms with E-state index in [0.29, 0.717) is 5.11 Å². The van der Waals surface area contributed by atoms with Crippen molar-refractivity contribution in [2.45, 2.75) is 25.9 Å². The highest BCUT2D eigenvalue weighted by Gasteiger charge is 2.42. The van der Waals surface area contributed by atoms with Crippen molar-refractivity contribution in [3.8, 4) is 11.4 Å². The zero-order valence-corrected chi connectivity index (χ0v) is 19.7. The van der Waals surface area contributed by atoms with Gasteiger partial charge in [0, 0.05) is 23.8 Å². The molecule has 0 unspecified atom stereocenters. The van der Waals surface area contributed by atoms with Gasteiger partial charge in [0.25, 0.3) is 0 Å². The molecule has 2 aromatic heterocycles. The third-order valence-corrected chi connectivity index (χ3v) is 6.61. The van der Waals surface area contributed by atoms with E-state index in [-0.39, 0.29) is 12.1 Å². The molecule has 1 N–H and O–H groups in total. The number of hydrogen-bond acceptors (Lipinski definition) is 3. The quantitative estimate of drug-likeness (QED) is 0.393. The number of thiocarbonyl (C=S) groups is 1. The molecule has 2 atom stereocenters. The number of anilines is 1. The summed E-state index contributed by atoms with van der Waals surface area (Å²) in [4.78, 5) is 6.88. The number of benzene rings is 2. The molecule has 166 valence electrons. The lowest BCUT2D eigenvalue weighted by atomic mass is 10.00. The van der Waals surface area contributed by atoms with Crippen LogP contribution < -0.4 is 15.0 Å². The number of hydrogen-bond donors (Lipinski definition) is 1. The van der Waals surface area contributed by atoms with E-state index in [0.717, 1.165) is 28.5 Å². The number of nitrogens with one attached hydrogen (secondary N) is 1. The minimum atomic E-state index is -0.108. The van der Waals surface area contributed by atoms with Crippen LogP contribution in [0, 0.1) is 13.8 Å². The molecule has 1 fully saturated rings. The number of pyridine rings is 1. The third-order valence-electron chi connectivity index (χ3n) is 6.29. The van der Waals surface area contributed by atoms with Crippen molar-refractivity contribution in [3.63, 3.8) is 0 Å². The zero-order chi connectivity index (χ0) is 22.9. The lowest BCUT2D eigenvalue weighted by Crippen LogP contribution is -2.30. The van der Waals surface area contributed by atoms with E-state index >= 15 is 0 Å². The summed E-state index contributed by atoms with van der Waals surface area (Å²) < 4.78 is 7.86. The maximum absolute atomic E-state index is 5.89. The monoisotopic (exact) mass is 454 g/mol. The Morgan fingerprint density at radius 2 is 1.76 bits per heavy atom. The Labute approximate surface area is 199 Å². The standard InChI is InChI=1S/C27H26N4OS/c1-18-13-14-20(17-19(18)2)31-26(25(29-27(31)33)21-9-6-7-15-28-21)23-11-8-16-30(23)22-10-4-5-12-24(22)32-3/h4-17,25-26H,1-3H3,(H,29,33)/t25-,26-/m0/s1. The molecule has 1 aliphatic rings. The molecule has 5 rings (SSSR count). The molecule has 6 heteroatoms. The van der Waals surface area contributed by atoms with E-state index in [2.05, 4.69) is 76.2 Å². The molecule has 33 heavy (non-hydrogen) atoms. The summed E-state index contributed by atoms with van der Waals surface area (Å²) in [6.07, 6.45) is 3.90. The number of para-hydroxylation sites is 2. The number of aryl methyl sites for hydroxylation is 2. The summed E-state index contributed by atoms with van der Waals surface area (Å²) in [5.41, 5.74) is 6.58. The lowest BCUT2D eigenvalue weighted by Gasteiger charge is -2.29. The van der Waals surface area contributed by atoms with E-state index in [1.54, 1.807) is 7.11 Å². The number of methoxy groups -OCH3 is 1. The smallest absolute Gasteiger partial charge is 0.174 e. The van der Waals surface area contributed by atoms with Crippen LogP contribution in [0.5, 0.6) is 5.75 Å². The second-order valence-corrected chi connectivity index (χ2v) is 8.63. The van der Waals surface area contributed by atoms with Crippen molar-refractivity contribution in [1.29, 1.82) is 0 Å². The van der Waals surface area contributed by atoms with Gasteiger partial charge in [-0.2, -0.15) is 0 Å². The highest BCUT2D eigenvalue weighted by molar-refractivity contribution is 7.80. The SMILES string of the molecule is COc1ccccc1-n1cccc1[C@H]1[C@H](c2ccccn2)NC(=S)N1c1ccc(C)c(C)c1. The van der Waals surface area contributed by atoms with Gasteiger partial charge in [-0.05, 0) is 85.7 Å². The predicted octanol–water partition coefficient (Wildman–Crippen LogP) is 5.67. The van der Waals surface area contributed by atoms with Crippen molar-refractivity contribution in [3.05, 3.63) is 108 Å². The topological polar surface area (TPSA) is 42.3 Å². The molecular formula is C27H26N4OS. The van der Waals surface area contributed by atoms with Gasteiger partial charge in [-0.15, -0.1) is 0 Å². The fraction of sp³-hybridized carbons (Fsp3) is 0.185. The number of aromatic nitrogens is 2. The fourth-order valence-corrected chi connectivity index (χ4v) is 4.84. The number of ether oxygens (including phenoxy) is 1. The van der Waals surface area contributed by atoms with Gasteiger partial charge in [0.2, 0.25) is 0 Å². The van der Waals surface area contributed by atoms with Crippen molar-refractivity contribution in [2.75, 3.05) is 12.0 Å². The van der Waals surface area contributed by atoms with Gasteiger partial charge in [-0.1, -0.05) is 24.3 Å². The molecule has 0 aliphatic carbocycles. The normalized spacial score (nSPS) is 17.8. The van der Waals surface area contributed by atoms with Crippen LogP contribution in [0.25, 0.3) is 5.69 Å². The van der Waals surface area contributed by atoms with Gasteiger partial charge in [0.15, 0.2) is 5.11 Å². The lowest BCUT2D eigenvalue weighted by molar-refractivity contribution is 0.412. The van der Waals surface area contributed by atoms with Crippen molar-refractivity contribution in [2.24, 2.45) is 0 Å². The molecule has 3 heterocycles. The summed E-state index contributed by atoms with van der Waals surface area (Å²) in [6.45, 7) is 4.26. The molecule has 0 spiro atoms. The fourth-order valence-electron chi connectivity index (χ4n) is 4.49. The maximum Gasteiger partial charge on any atom is 0.174 e. The van der Waals surface area contributed by atoms with Crippen LogP contribution in [-0.4, -0.2) is 21.8 Å². The highest BCUT2D eigenvalue weighted by atomic mass is 32.1. The number of rotatable bonds is 5. The van der Waals surface area contributed by atoms with E-state index in [1.165, 1.54) is 11.1 Å². The molecule has 5 nitrogen and oxygen atoms in total. The molecule has 4 aromatic rings. The van der Waals surface area contributed by atoms with Crippen molar-refractivity contribution >= 4 is 23.0 Å². The van der Waals surface area contributed by atoms with Crippen LogP contribution in [0.4, 0.5) is 5.69 Å². The first kappa shape index (κ1) is 21.2. The Hall–Kier alpha value is -3.64. The minimum Gasteiger partial charge on any atom is -0.495 e. The molecule has 1 saturated heterocycles. The van der Waals surface area contributed by atoms with Gasteiger partial charge in [0.05, 0.1) is 24.5 Å². The van der Waals surface area contributed by atoms with Crippen LogP contribution in [-0.2, 0) is 0 Å². The Morgan fingerprint density at radius 3 is 2.52 bits per heavy atom. The summed E-state index contributed by atoms with van der Waals surface area (Å²) in [7, 11) is 1.70. The summed E-state index contributed by atoms with van der Waals surface area (Å²) in [5, 5.41) is 4.24. The zero-order valence-electron chi connectivity index (χ0n) is 18.9. The first-order valence-corrected chi connectivity index (χ1v) is 11.4. The molecule has 0 bridgehead atoms. The molecule has 0 saturated carbocycles. The molecule has 2 aromatic carbocycles. The first-order chi connectivity index (χ1) is 16.1. The van der Waals surface area contributed by atoms with Crippen LogP contribution >= 0.6 is 12.2 Å². The Morgan fingerprint density at radius 1 is 0.939 bits per heavy atom. The van der Waals surface area contributed by atoms with Gasteiger partial charge in [0.1, 0.15) is 11.8 Å². The molecule has 1 aliphatic heterocycles. The van der Waals surface area contributed by atoms with Gasteiger partial charge >= 0.3 is 0 Å². The second-order valence-electron chi connectivity index (χ2n) is 8.24. The van der Waals surface area contributed by atoms with E-state index < -0.39 is 0 Å². The van der Waals surface area contributed by atoms with E-state index in [4.69, 9.17) is 17.0 Å². The van der Waals surface area contributed by atoms with Crippen LogP contribution in [0.2, 0.25) is 0 Å². The largest absolute Gasteiger partial charge is 0.495 e. The third kappa shape index (κ3) is 3.76. The maximum atomic E-state index is 5.89. The molecule has 0 radical (unpaired) electrons. The average molecular weight is 455 g/mol. The first-order valence-electron chi connectivity index (χ1n) is 11.0. The van der Waals surface area contributed by atoms with Gasteiger partial charge in [-0.3, -0.25) is 4.98 Å². The Balaban J connectivity index is 1.69. The molecular weight excluding hydrogens is 428 g/mol. The highest BCUT2D eigenvalue weighted by Crippen LogP contribution is 2.43. The van der Waals surface area contributed by atoms with Gasteiger partial charge < -0.3 is 19.5 Å². The number of nitrogens with zero attached hydrogens (tertiary/aromatic N) is 3. The Bertz CT molecular complexity index is 1300. The van der Waals surface area contributed by atoms with E-state index in [1.807, 2.05) is 42.6 Å². The average Bonchev–Trinajstić information content (AvgIpc) is 3.45. The van der Waals surface area contributed by atoms with E-state index in [9.17, 15) is 0 Å². The Kier molecular flexibility index (Phi) is 5.60. The van der Waals surface area contributed by atoms with Crippen LogP contribution in [0.3, 0.4) is 0 Å². The predicted molar refractivity (Wildman–Crippen MR) is 136 cm³/mol. The second kappa shape index (κ2) is 8.71. The summed E-state index contributed by atoms with van der Waals surface area (Å²) >= 11 is 5.89. The minimum absolute atomic E-state index is 0.102. The summed E-state index contributed by atoms with van der Waals surface area (Å²) in [5.74, 6) is 0.815. The van der Waals surface area contributed by atoms with Crippen LogP contribution in [0.1, 0.15) is 34.6 Å². The van der Waals surface area contributed by atoms with Crippen molar-refractivity contribution < 1.29 is 4.74 Å². The van der Waals surface area contributed by atoms with Crippen LogP contribution in [0.15, 0.2) is 85.2 Å². The summed E-state index contributed by atoms with van der Waals surface area (Å²) in [6, 6.07) is 24.6. The van der Waals surface area contributed by atoms with Gasteiger partial charge in [-0.25, -0.2) is 0 Å². The molecule has 0 amide bonds. The van der Waals surface area contributed by atoms with Crippen molar-refractivity contribution in [1.82, 2.24) is 14.9 Å².